The molecule has 0 saturated heterocycles. The SMILES string of the molecule is C1=C(Cn2c[n+](Cc3ccccc3)c3ccccc32)c2cc(Cc3ccccc3)ccc2OC1. The van der Waals surface area contributed by atoms with E-state index in [1.54, 1.807) is 0 Å². The van der Waals surface area contributed by atoms with Crippen molar-refractivity contribution in [3.63, 3.8) is 0 Å². The molecular formula is C31H27N2O+. The van der Waals surface area contributed by atoms with Crippen LogP contribution < -0.4 is 9.30 Å². The number of benzene rings is 4. The van der Waals surface area contributed by atoms with Crippen LogP contribution in [0.5, 0.6) is 5.75 Å². The first-order chi connectivity index (χ1) is 16.8. The van der Waals surface area contributed by atoms with Gasteiger partial charge in [0, 0.05) is 11.1 Å². The first-order valence-corrected chi connectivity index (χ1v) is 11.8. The highest BCUT2D eigenvalue weighted by Gasteiger charge is 2.21. The van der Waals surface area contributed by atoms with Gasteiger partial charge in [0.2, 0.25) is 6.33 Å². The maximum absolute atomic E-state index is 5.98. The Balaban J connectivity index is 1.33. The maximum Gasteiger partial charge on any atom is 0.245 e. The van der Waals surface area contributed by atoms with Crippen molar-refractivity contribution < 1.29 is 9.30 Å². The van der Waals surface area contributed by atoms with E-state index in [4.69, 9.17) is 4.74 Å². The van der Waals surface area contributed by atoms with Gasteiger partial charge in [0.15, 0.2) is 11.0 Å². The topological polar surface area (TPSA) is 18.0 Å². The van der Waals surface area contributed by atoms with Gasteiger partial charge >= 0.3 is 0 Å². The Morgan fingerprint density at radius 1 is 0.735 bits per heavy atom. The smallest absolute Gasteiger partial charge is 0.245 e. The molecule has 34 heavy (non-hydrogen) atoms. The Bertz CT molecular complexity index is 1470. The summed E-state index contributed by atoms with van der Waals surface area (Å²) in [5.74, 6) is 0.975. The van der Waals surface area contributed by atoms with Crippen molar-refractivity contribution in [1.29, 1.82) is 0 Å². The standard InChI is InChI=1S/C31H27N2O/c1-3-9-24(10-4-1)19-26-15-16-31-28(20-26)27(17-18-34-31)22-33-23-32(21-25-11-5-2-6-12-25)29-13-7-8-14-30(29)33/h1-17,20,23H,18-19,21-22H2/q+1. The summed E-state index contributed by atoms with van der Waals surface area (Å²) < 4.78 is 10.7. The molecule has 6 rings (SSSR count). The van der Waals surface area contributed by atoms with Crippen LogP contribution in [0.15, 0.2) is 116 Å². The summed E-state index contributed by atoms with van der Waals surface area (Å²) in [5, 5.41) is 0. The molecule has 2 heterocycles. The molecule has 0 radical (unpaired) electrons. The second-order valence-electron chi connectivity index (χ2n) is 8.88. The van der Waals surface area contributed by atoms with Gasteiger partial charge in [0.25, 0.3) is 0 Å². The quantitative estimate of drug-likeness (QED) is 0.293. The Labute approximate surface area is 200 Å². The molecule has 4 aromatic carbocycles. The number of imidazole rings is 1. The minimum Gasteiger partial charge on any atom is -0.489 e. The zero-order valence-corrected chi connectivity index (χ0v) is 19.1. The number of ether oxygens (including phenoxy) is 1. The zero-order chi connectivity index (χ0) is 22.7. The number of aromatic nitrogens is 2. The molecule has 0 spiro atoms. The summed E-state index contributed by atoms with van der Waals surface area (Å²) in [6.07, 6.45) is 5.40. The molecule has 0 bridgehead atoms. The largest absolute Gasteiger partial charge is 0.489 e. The second-order valence-corrected chi connectivity index (χ2v) is 8.88. The predicted molar refractivity (Wildman–Crippen MR) is 137 cm³/mol. The maximum atomic E-state index is 5.98. The molecule has 0 N–H and O–H groups in total. The molecule has 0 fully saturated rings. The van der Waals surface area contributed by atoms with Crippen molar-refractivity contribution >= 4 is 16.6 Å². The Hall–Kier alpha value is -4.11. The number of hydrogen-bond donors (Lipinski definition) is 0. The fourth-order valence-electron chi connectivity index (χ4n) is 4.85. The fraction of sp³-hybridized carbons (Fsp3) is 0.129. The molecular weight excluding hydrogens is 416 g/mol. The molecule has 3 nitrogen and oxygen atoms in total. The number of rotatable bonds is 6. The van der Waals surface area contributed by atoms with Crippen LogP contribution in [-0.2, 0) is 19.5 Å². The summed E-state index contributed by atoms with van der Waals surface area (Å²) in [6.45, 7) is 2.28. The van der Waals surface area contributed by atoms with Crippen LogP contribution in [0.4, 0.5) is 0 Å². The van der Waals surface area contributed by atoms with Gasteiger partial charge in [-0.25, -0.2) is 9.13 Å². The highest BCUT2D eigenvalue weighted by atomic mass is 16.5. The van der Waals surface area contributed by atoms with Crippen molar-refractivity contribution in [2.75, 3.05) is 6.61 Å². The monoisotopic (exact) mass is 443 g/mol. The highest BCUT2D eigenvalue weighted by Crippen LogP contribution is 2.33. The average molecular weight is 444 g/mol. The van der Waals surface area contributed by atoms with E-state index in [0.717, 1.165) is 25.3 Å². The van der Waals surface area contributed by atoms with Crippen molar-refractivity contribution in [3.8, 4) is 5.75 Å². The summed E-state index contributed by atoms with van der Waals surface area (Å²) in [5.41, 5.74) is 8.93. The summed E-state index contributed by atoms with van der Waals surface area (Å²) in [7, 11) is 0. The van der Waals surface area contributed by atoms with Crippen LogP contribution in [0.3, 0.4) is 0 Å². The zero-order valence-electron chi connectivity index (χ0n) is 19.1. The molecule has 3 heteroatoms. The third-order valence-electron chi connectivity index (χ3n) is 6.53. The average Bonchev–Trinajstić information content (AvgIpc) is 3.22. The van der Waals surface area contributed by atoms with Gasteiger partial charge in [-0.2, -0.15) is 0 Å². The highest BCUT2D eigenvalue weighted by molar-refractivity contribution is 5.76. The number of nitrogens with zero attached hydrogens (tertiary/aromatic N) is 2. The predicted octanol–water partition coefficient (Wildman–Crippen LogP) is 6.04. The van der Waals surface area contributed by atoms with E-state index in [1.807, 2.05) is 0 Å². The van der Waals surface area contributed by atoms with Crippen molar-refractivity contribution in [2.24, 2.45) is 0 Å². The van der Waals surface area contributed by atoms with E-state index in [-0.39, 0.29) is 0 Å². The summed E-state index contributed by atoms with van der Waals surface area (Å²) in [4.78, 5) is 0. The molecule has 0 aliphatic carbocycles. The number of para-hydroxylation sites is 2. The molecule has 0 atom stereocenters. The third-order valence-corrected chi connectivity index (χ3v) is 6.53. The van der Waals surface area contributed by atoms with E-state index in [2.05, 4.69) is 125 Å². The van der Waals surface area contributed by atoms with Crippen LogP contribution in [0.25, 0.3) is 16.6 Å². The van der Waals surface area contributed by atoms with E-state index in [9.17, 15) is 0 Å². The van der Waals surface area contributed by atoms with E-state index >= 15 is 0 Å². The van der Waals surface area contributed by atoms with Crippen molar-refractivity contribution in [3.05, 3.63) is 138 Å². The first kappa shape index (κ1) is 20.5. The van der Waals surface area contributed by atoms with Crippen molar-refractivity contribution in [2.45, 2.75) is 19.5 Å². The van der Waals surface area contributed by atoms with Gasteiger partial charge in [-0.05, 0) is 53.5 Å². The normalized spacial score (nSPS) is 12.8. The molecule has 1 aliphatic heterocycles. The number of allylic oxidation sites excluding steroid dienone is 1. The summed E-state index contributed by atoms with van der Waals surface area (Å²) in [6, 6.07) is 36.6. The fourth-order valence-corrected chi connectivity index (χ4v) is 4.85. The minimum atomic E-state index is 0.615. The Morgan fingerprint density at radius 2 is 1.47 bits per heavy atom. The van der Waals surface area contributed by atoms with Crippen LogP contribution in [0, 0.1) is 0 Å². The molecule has 0 saturated carbocycles. The van der Waals surface area contributed by atoms with Gasteiger partial charge in [-0.1, -0.05) is 78.9 Å². The molecule has 0 unspecified atom stereocenters. The lowest BCUT2D eigenvalue weighted by atomic mass is 9.97. The van der Waals surface area contributed by atoms with Gasteiger partial charge in [-0.15, -0.1) is 0 Å². The summed E-state index contributed by atoms with van der Waals surface area (Å²) >= 11 is 0. The van der Waals surface area contributed by atoms with Gasteiger partial charge in [0.1, 0.15) is 25.4 Å². The van der Waals surface area contributed by atoms with Crippen LogP contribution in [0.1, 0.15) is 22.3 Å². The first-order valence-electron chi connectivity index (χ1n) is 11.8. The van der Waals surface area contributed by atoms with E-state index in [0.29, 0.717) is 6.61 Å². The lowest BCUT2D eigenvalue weighted by molar-refractivity contribution is -0.663. The molecule has 166 valence electrons. The van der Waals surface area contributed by atoms with Crippen LogP contribution >= 0.6 is 0 Å². The van der Waals surface area contributed by atoms with Crippen LogP contribution in [0.2, 0.25) is 0 Å². The van der Waals surface area contributed by atoms with Gasteiger partial charge in [-0.3, -0.25) is 0 Å². The van der Waals surface area contributed by atoms with E-state index in [1.165, 1.54) is 38.9 Å². The van der Waals surface area contributed by atoms with Gasteiger partial charge in [0.05, 0.1) is 0 Å². The molecule has 1 aliphatic rings. The Morgan fingerprint density at radius 3 is 2.29 bits per heavy atom. The lowest BCUT2D eigenvalue weighted by Gasteiger charge is -2.19. The molecule has 0 amide bonds. The second kappa shape index (κ2) is 9.03. The molecule has 1 aromatic heterocycles. The third kappa shape index (κ3) is 4.13. The minimum absolute atomic E-state index is 0.615. The van der Waals surface area contributed by atoms with Crippen LogP contribution in [-0.4, -0.2) is 11.2 Å². The number of fused-ring (bicyclic) bond motifs is 2. The number of hydrogen-bond acceptors (Lipinski definition) is 1. The van der Waals surface area contributed by atoms with E-state index < -0.39 is 0 Å². The molecule has 5 aromatic rings. The van der Waals surface area contributed by atoms with Crippen molar-refractivity contribution in [1.82, 2.24) is 4.57 Å². The Kier molecular flexibility index (Phi) is 5.44. The van der Waals surface area contributed by atoms with Gasteiger partial charge < -0.3 is 4.74 Å². The lowest BCUT2D eigenvalue weighted by Crippen LogP contribution is -2.32.